The van der Waals surface area contributed by atoms with E-state index in [1.807, 2.05) is 0 Å². The summed E-state index contributed by atoms with van der Waals surface area (Å²) in [4.78, 5) is 0. The fraction of sp³-hybridized carbons (Fsp3) is 0.500. The third-order valence-corrected chi connectivity index (χ3v) is 3.05. The van der Waals surface area contributed by atoms with Gasteiger partial charge in [0.05, 0.1) is 6.61 Å². The highest BCUT2D eigenvalue weighted by molar-refractivity contribution is 6.32. The zero-order valence-electron chi connectivity index (χ0n) is 7.04. The maximum absolute atomic E-state index is 5.94. The van der Waals surface area contributed by atoms with Gasteiger partial charge in [-0.2, -0.15) is 0 Å². The molecule has 1 aromatic heterocycles. The molecule has 0 saturated carbocycles. The van der Waals surface area contributed by atoms with E-state index in [0.29, 0.717) is 23.3 Å². The van der Waals surface area contributed by atoms with E-state index in [1.54, 1.807) is 0 Å². The van der Waals surface area contributed by atoms with Gasteiger partial charge >= 0.3 is 0 Å². The largest absolute Gasteiger partial charge is 0.349 e. The van der Waals surface area contributed by atoms with Crippen molar-refractivity contribution in [3.8, 4) is 0 Å². The van der Waals surface area contributed by atoms with Gasteiger partial charge in [-0.15, -0.1) is 10.2 Å². The quantitative estimate of drug-likeness (QED) is 0.684. The molecule has 0 amide bonds. The molecular formula is C8H6Cl2N2O2. The maximum Gasteiger partial charge on any atom is 0.162 e. The molecule has 0 aromatic carbocycles. The Labute approximate surface area is 90.1 Å². The van der Waals surface area contributed by atoms with Crippen LogP contribution >= 0.6 is 23.2 Å². The normalized spacial score (nSPS) is 29.0. The predicted octanol–water partition coefficient (Wildman–Crippen LogP) is 1.75. The number of halogens is 2. The smallest absolute Gasteiger partial charge is 0.162 e. The minimum atomic E-state index is -0.203. The summed E-state index contributed by atoms with van der Waals surface area (Å²) in [5, 5.41) is 8.27. The Balaban J connectivity index is 2.21. The number of nitrogens with zero attached hydrogens (tertiary/aromatic N) is 2. The Hall–Kier alpha value is -0.420. The molecule has 4 nitrogen and oxygen atoms in total. The highest BCUT2D eigenvalue weighted by Crippen LogP contribution is 2.40. The fourth-order valence-electron chi connectivity index (χ4n) is 1.84. The van der Waals surface area contributed by atoms with Crippen LogP contribution in [0.5, 0.6) is 0 Å². The van der Waals surface area contributed by atoms with Gasteiger partial charge in [-0.3, -0.25) is 0 Å². The average Bonchev–Trinajstić information content (AvgIpc) is 2.54. The number of aromatic nitrogens is 2. The summed E-state index contributed by atoms with van der Waals surface area (Å²) in [5.41, 5.74) is 1.74. The Morgan fingerprint density at radius 1 is 1.21 bits per heavy atom. The summed E-state index contributed by atoms with van der Waals surface area (Å²) in [7, 11) is 0. The number of rotatable bonds is 0. The van der Waals surface area contributed by atoms with Gasteiger partial charge in [0.2, 0.25) is 0 Å². The van der Waals surface area contributed by atoms with E-state index in [2.05, 4.69) is 10.2 Å². The van der Waals surface area contributed by atoms with Gasteiger partial charge in [0.25, 0.3) is 0 Å². The summed E-state index contributed by atoms with van der Waals surface area (Å²) in [6.45, 7) is 0.513. The standard InChI is InChI=1S/C8H6Cl2N2O2/c9-7-3-1-5-13-2-4(14-5)6(3)8(10)12-11-7/h4-5H,1-2H2/t4-,5-/m0/s1. The van der Waals surface area contributed by atoms with E-state index < -0.39 is 0 Å². The predicted molar refractivity (Wildman–Crippen MR) is 49.3 cm³/mol. The first-order chi connectivity index (χ1) is 6.75. The highest BCUT2D eigenvalue weighted by Gasteiger charge is 2.38. The van der Waals surface area contributed by atoms with E-state index in [9.17, 15) is 0 Å². The van der Waals surface area contributed by atoms with Crippen molar-refractivity contribution in [2.45, 2.75) is 18.8 Å². The zero-order valence-corrected chi connectivity index (χ0v) is 8.55. The lowest BCUT2D eigenvalue weighted by Gasteiger charge is -2.22. The van der Waals surface area contributed by atoms with Gasteiger partial charge < -0.3 is 9.47 Å². The van der Waals surface area contributed by atoms with Crippen molar-refractivity contribution in [2.24, 2.45) is 0 Å². The number of ether oxygens (including phenoxy) is 2. The van der Waals surface area contributed by atoms with E-state index in [-0.39, 0.29) is 12.4 Å². The van der Waals surface area contributed by atoms with Crippen molar-refractivity contribution in [2.75, 3.05) is 6.61 Å². The fourth-order valence-corrected chi connectivity index (χ4v) is 2.33. The van der Waals surface area contributed by atoms with Crippen LogP contribution in [0.4, 0.5) is 0 Å². The Bertz CT molecular complexity index is 399. The topological polar surface area (TPSA) is 44.2 Å². The van der Waals surface area contributed by atoms with Gasteiger partial charge in [0, 0.05) is 17.5 Å². The summed E-state index contributed by atoms with van der Waals surface area (Å²) in [5.74, 6) is 0. The molecule has 2 atom stereocenters. The summed E-state index contributed by atoms with van der Waals surface area (Å²) < 4.78 is 10.9. The van der Waals surface area contributed by atoms with Gasteiger partial charge in [0.1, 0.15) is 6.10 Å². The summed E-state index contributed by atoms with van der Waals surface area (Å²) in [6, 6.07) is 0. The van der Waals surface area contributed by atoms with Gasteiger partial charge in [-0.25, -0.2) is 0 Å². The second kappa shape index (κ2) is 3.03. The molecule has 74 valence electrons. The Morgan fingerprint density at radius 2 is 2.00 bits per heavy atom. The van der Waals surface area contributed by atoms with Crippen LogP contribution in [0.2, 0.25) is 10.3 Å². The first kappa shape index (κ1) is 8.85. The molecule has 1 fully saturated rings. The minimum absolute atomic E-state index is 0.135. The second-order valence-electron chi connectivity index (χ2n) is 3.27. The van der Waals surface area contributed by atoms with Crippen molar-refractivity contribution in [3.63, 3.8) is 0 Å². The van der Waals surface area contributed by atoms with Crippen LogP contribution in [0, 0.1) is 0 Å². The van der Waals surface area contributed by atoms with Crippen LogP contribution in [0.25, 0.3) is 0 Å². The summed E-state index contributed by atoms with van der Waals surface area (Å²) in [6.07, 6.45) is 0.259. The number of fused-ring (bicyclic) bond motifs is 4. The molecule has 0 radical (unpaired) electrons. The molecule has 3 rings (SSSR count). The van der Waals surface area contributed by atoms with E-state index in [1.165, 1.54) is 0 Å². The molecule has 0 unspecified atom stereocenters. The molecule has 6 heteroatoms. The minimum Gasteiger partial charge on any atom is -0.349 e. The van der Waals surface area contributed by atoms with Crippen molar-refractivity contribution in [1.82, 2.24) is 10.2 Å². The van der Waals surface area contributed by atoms with E-state index >= 15 is 0 Å². The SMILES string of the molecule is Clc1nnc(Cl)c2c1C[C@H]1OC[C@@H]2O1. The maximum atomic E-state index is 5.94. The third kappa shape index (κ3) is 1.15. The zero-order chi connectivity index (χ0) is 9.71. The van der Waals surface area contributed by atoms with Crippen LogP contribution in [-0.4, -0.2) is 23.1 Å². The molecule has 0 spiro atoms. The first-order valence-corrected chi connectivity index (χ1v) is 4.99. The van der Waals surface area contributed by atoms with Gasteiger partial charge in [-0.05, 0) is 0 Å². The van der Waals surface area contributed by atoms with Crippen LogP contribution in [-0.2, 0) is 15.9 Å². The van der Waals surface area contributed by atoms with E-state index in [0.717, 1.165) is 11.1 Å². The lowest BCUT2D eigenvalue weighted by molar-refractivity contribution is -0.0641. The van der Waals surface area contributed by atoms with Crippen LogP contribution < -0.4 is 0 Å². The molecule has 14 heavy (non-hydrogen) atoms. The monoisotopic (exact) mass is 232 g/mol. The molecule has 1 aromatic rings. The highest BCUT2D eigenvalue weighted by atomic mass is 35.5. The van der Waals surface area contributed by atoms with Crippen molar-refractivity contribution >= 4 is 23.2 Å². The average molecular weight is 233 g/mol. The Morgan fingerprint density at radius 3 is 2.86 bits per heavy atom. The molecule has 3 heterocycles. The lowest BCUT2D eigenvalue weighted by atomic mass is 10.0. The lowest BCUT2D eigenvalue weighted by Crippen LogP contribution is -2.20. The second-order valence-corrected chi connectivity index (χ2v) is 3.98. The third-order valence-electron chi connectivity index (χ3n) is 2.46. The van der Waals surface area contributed by atoms with Crippen molar-refractivity contribution in [3.05, 3.63) is 21.4 Å². The Kier molecular flexibility index (Phi) is 1.92. The molecule has 2 aliphatic rings. The van der Waals surface area contributed by atoms with Crippen LogP contribution in [0.15, 0.2) is 0 Å². The first-order valence-electron chi connectivity index (χ1n) is 4.23. The molecule has 0 N–H and O–H groups in total. The molecule has 0 aliphatic carbocycles. The molecule has 1 saturated heterocycles. The van der Waals surface area contributed by atoms with Crippen LogP contribution in [0.3, 0.4) is 0 Å². The number of hydrogen-bond donors (Lipinski definition) is 0. The number of hydrogen-bond acceptors (Lipinski definition) is 4. The molecule has 2 aliphatic heterocycles. The van der Waals surface area contributed by atoms with Crippen molar-refractivity contribution < 1.29 is 9.47 Å². The molecule has 2 bridgehead atoms. The van der Waals surface area contributed by atoms with Crippen molar-refractivity contribution in [1.29, 1.82) is 0 Å². The van der Waals surface area contributed by atoms with Gasteiger partial charge in [0.15, 0.2) is 16.6 Å². The van der Waals surface area contributed by atoms with Gasteiger partial charge in [-0.1, -0.05) is 23.2 Å². The van der Waals surface area contributed by atoms with E-state index in [4.69, 9.17) is 32.7 Å². The van der Waals surface area contributed by atoms with Crippen LogP contribution in [0.1, 0.15) is 17.2 Å². The molecular weight excluding hydrogens is 227 g/mol. The summed E-state index contributed by atoms with van der Waals surface area (Å²) >= 11 is 11.9.